The van der Waals surface area contributed by atoms with Crippen LogP contribution in [-0.2, 0) is 6.54 Å². The van der Waals surface area contributed by atoms with E-state index in [1.165, 1.54) is 6.07 Å². The minimum absolute atomic E-state index is 0.0110. The first kappa shape index (κ1) is 18.6. The van der Waals surface area contributed by atoms with Crippen LogP contribution < -0.4 is 10.5 Å². The van der Waals surface area contributed by atoms with Gasteiger partial charge in [0.2, 0.25) is 0 Å². The molecule has 1 aliphatic heterocycles. The van der Waals surface area contributed by atoms with Gasteiger partial charge in [-0.1, -0.05) is 24.3 Å². The van der Waals surface area contributed by atoms with E-state index in [0.29, 0.717) is 17.9 Å². The van der Waals surface area contributed by atoms with Crippen molar-refractivity contribution in [2.24, 2.45) is 0 Å². The molecule has 1 aliphatic rings. The molecule has 0 bridgehead atoms. The molecule has 1 saturated heterocycles. The topological polar surface area (TPSA) is 41.4 Å². The van der Waals surface area contributed by atoms with Gasteiger partial charge in [-0.3, -0.25) is 9.69 Å². The van der Waals surface area contributed by atoms with Crippen LogP contribution in [0.15, 0.2) is 53.3 Å². The summed E-state index contributed by atoms with van der Waals surface area (Å²) in [5.74, 6) is -0.157. The number of hydrogen-bond acceptors (Lipinski definition) is 4. The van der Waals surface area contributed by atoms with Crippen LogP contribution in [0.2, 0.25) is 0 Å². The van der Waals surface area contributed by atoms with Gasteiger partial charge >= 0.3 is 0 Å². The van der Waals surface area contributed by atoms with Crippen LogP contribution in [0.5, 0.6) is 0 Å². The molecule has 4 rings (SSSR count). The highest BCUT2D eigenvalue weighted by atomic mass is 19.1. The SMILES string of the molecule is Cc1nc2ccccc2n(CCCN2CCN(c3ccccc3F)CC2)c1=O. The van der Waals surface area contributed by atoms with Gasteiger partial charge in [0.1, 0.15) is 11.5 Å². The molecule has 0 amide bonds. The van der Waals surface area contributed by atoms with Crippen molar-refractivity contribution in [2.45, 2.75) is 19.9 Å². The van der Waals surface area contributed by atoms with Crippen LogP contribution in [0.25, 0.3) is 11.0 Å². The monoisotopic (exact) mass is 380 g/mol. The number of benzene rings is 2. The van der Waals surface area contributed by atoms with E-state index in [2.05, 4.69) is 14.8 Å². The number of fused-ring (bicyclic) bond motifs is 1. The maximum absolute atomic E-state index is 14.0. The van der Waals surface area contributed by atoms with Gasteiger partial charge in [-0.2, -0.15) is 0 Å². The van der Waals surface area contributed by atoms with E-state index in [1.807, 2.05) is 41.0 Å². The molecule has 0 unspecified atom stereocenters. The number of rotatable bonds is 5. The first-order chi connectivity index (χ1) is 13.6. The Morgan fingerprint density at radius 3 is 2.46 bits per heavy atom. The summed E-state index contributed by atoms with van der Waals surface area (Å²) in [6, 6.07) is 14.7. The summed E-state index contributed by atoms with van der Waals surface area (Å²) >= 11 is 0. The summed E-state index contributed by atoms with van der Waals surface area (Å²) < 4.78 is 15.8. The first-order valence-electron chi connectivity index (χ1n) is 9.81. The van der Waals surface area contributed by atoms with Gasteiger partial charge in [-0.15, -0.1) is 0 Å². The average Bonchev–Trinajstić information content (AvgIpc) is 2.72. The molecular weight excluding hydrogens is 355 g/mol. The second-order valence-electron chi connectivity index (χ2n) is 7.28. The van der Waals surface area contributed by atoms with Gasteiger partial charge in [-0.05, 0) is 44.2 Å². The molecule has 6 heteroatoms. The molecule has 0 aliphatic carbocycles. The van der Waals surface area contributed by atoms with E-state index in [0.717, 1.165) is 50.2 Å². The largest absolute Gasteiger partial charge is 0.367 e. The number of anilines is 1. The lowest BCUT2D eigenvalue weighted by Crippen LogP contribution is -2.47. The average molecular weight is 380 g/mol. The number of piperazine rings is 1. The van der Waals surface area contributed by atoms with Gasteiger partial charge in [0.25, 0.3) is 5.56 Å². The lowest BCUT2D eigenvalue weighted by molar-refractivity contribution is 0.250. The number of halogens is 1. The zero-order valence-corrected chi connectivity index (χ0v) is 16.1. The summed E-state index contributed by atoms with van der Waals surface area (Å²) in [6.07, 6.45) is 0.896. The van der Waals surface area contributed by atoms with E-state index in [4.69, 9.17) is 0 Å². The maximum Gasteiger partial charge on any atom is 0.272 e. The summed E-state index contributed by atoms with van der Waals surface area (Å²) in [4.78, 5) is 21.4. The van der Waals surface area contributed by atoms with Gasteiger partial charge in [0, 0.05) is 32.7 Å². The standard InChI is InChI=1S/C22H25FN4O/c1-17-22(28)27(21-10-5-3-8-19(21)24-17)12-6-11-25-13-15-26(16-14-25)20-9-4-2-7-18(20)23/h2-5,7-10H,6,11-16H2,1H3. The van der Waals surface area contributed by atoms with Gasteiger partial charge < -0.3 is 9.47 Å². The van der Waals surface area contributed by atoms with Crippen molar-refractivity contribution in [2.75, 3.05) is 37.6 Å². The Hall–Kier alpha value is -2.73. The van der Waals surface area contributed by atoms with Crippen LogP contribution in [0.4, 0.5) is 10.1 Å². The Morgan fingerprint density at radius 1 is 0.964 bits per heavy atom. The van der Waals surface area contributed by atoms with Gasteiger partial charge in [-0.25, -0.2) is 9.37 Å². The van der Waals surface area contributed by atoms with E-state index in [-0.39, 0.29) is 11.4 Å². The van der Waals surface area contributed by atoms with E-state index in [9.17, 15) is 9.18 Å². The van der Waals surface area contributed by atoms with Crippen molar-refractivity contribution in [3.63, 3.8) is 0 Å². The predicted molar refractivity (Wildman–Crippen MR) is 110 cm³/mol. The molecule has 0 radical (unpaired) electrons. The third-order valence-corrected chi connectivity index (χ3v) is 5.44. The number of hydrogen-bond donors (Lipinski definition) is 0. The first-order valence-corrected chi connectivity index (χ1v) is 9.81. The molecule has 0 atom stereocenters. The molecule has 0 N–H and O–H groups in total. The zero-order chi connectivity index (χ0) is 19.5. The molecule has 1 fully saturated rings. The van der Waals surface area contributed by atoms with Crippen molar-refractivity contribution < 1.29 is 4.39 Å². The Labute approximate surface area is 164 Å². The Kier molecular flexibility index (Phi) is 5.39. The highest BCUT2D eigenvalue weighted by Crippen LogP contribution is 2.20. The second kappa shape index (κ2) is 8.10. The van der Waals surface area contributed by atoms with Crippen LogP contribution in [0.1, 0.15) is 12.1 Å². The minimum Gasteiger partial charge on any atom is -0.367 e. The van der Waals surface area contributed by atoms with Crippen molar-refractivity contribution >= 4 is 16.7 Å². The van der Waals surface area contributed by atoms with Crippen molar-refractivity contribution in [3.05, 3.63) is 70.4 Å². The van der Waals surface area contributed by atoms with Gasteiger partial charge in [0.05, 0.1) is 16.7 Å². The van der Waals surface area contributed by atoms with Crippen molar-refractivity contribution in [1.29, 1.82) is 0 Å². The highest BCUT2D eigenvalue weighted by molar-refractivity contribution is 5.74. The molecule has 2 heterocycles. The number of aryl methyl sites for hydroxylation is 2. The molecule has 3 aromatic rings. The van der Waals surface area contributed by atoms with Crippen molar-refractivity contribution in [3.8, 4) is 0 Å². The van der Waals surface area contributed by atoms with Crippen LogP contribution in [0, 0.1) is 12.7 Å². The highest BCUT2D eigenvalue weighted by Gasteiger charge is 2.19. The third kappa shape index (κ3) is 3.78. The second-order valence-corrected chi connectivity index (χ2v) is 7.28. The summed E-state index contributed by atoms with van der Waals surface area (Å²) in [5.41, 5.74) is 2.97. The number of nitrogens with zero attached hydrogens (tertiary/aromatic N) is 4. The Balaban J connectivity index is 1.36. The molecule has 1 aromatic heterocycles. The van der Waals surface area contributed by atoms with E-state index in [1.54, 1.807) is 13.0 Å². The molecule has 146 valence electrons. The molecule has 2 aromatic carbocycles. The predicted octanol–water partition coefficient (Wildman–Crippen LogP) is 3.06. The molecule has 0 saturated carbocycles. The Bertz CT molecular complexity index is 1020. The molecular formula is C22H25FN4O. The van der Waals surface area contributed by atoms with Crippen LogP contribution >= 0.6 is 0 Å². The van der Waals surface area contributed by atoms with Crippen LogP contribution in [-0.4, -0.2) is 47.2 Å². The van der Waals surface area contributed by atoms with Crippen molar-refractivity contribution in [1.82, 2.24) is 14.5 Å². The fourth-order valence-corrected chi connectivity index (χ4v) is 3.92. The third-order valence-electron chi connectivity index (χ3n) is 5.44. The number of aromatic nitrogens is 2. The Morgan fingerprint density at radius 2 is 1.68 bits per heavy atom. The minimum atomic E-state index is -0.157. The smallest absolute Gasteiger partial charge is 0.272 e. The lowest BCUT2D eigenvalue weighted by Gasteiger charge is -2.36. The summed E-state index contributed by atoms with van der Waals surface area (Å²) in [6.45, 7) is 6.81. The summed E-state index contributed by atoms with van der Waals surface area (Å²) in [5, 5.41) is 0. The van der Waals surface area contributed by atoms with Crippen LogP contribution in [0.3, 0.4) is 0 Å². The molecule has 28 heavy (non-hydrogen) atoms. The van der Waals surface area contributed by atoms with Gasteiger partial charge in [0.15, 0.2) is 0 Å². The molecule has 5 nitrogen and oxygen atoms in total. The molecule has 0 spiro atoms. The lowest BCUT2D eigenvalue weighted by atomic mass is 10.2. The maximum atomic E-state index is 14.0. The quantitative estimate of drug-likeness (QED) is 0.682. The zero-order valence-electron chi connectivity index (χ0n) is 16.1. The number of para-hydroxylation sites is 3. The summed E-state index contributed by atoms with van der Waals surface area (Å²) in [7, 11) is 0. The fraction of sp³-hybridized carbons (Fsp3) is 0.364. The van der Waals surface area contributed by atoms with E-state index < -0.39 is 0 Å². The fourth-order valence-electron chi connectivity index (χ4n) is 3.92. The normalized spacial score (nSPS) is 15.3. The van der Waals surface area contributed by atoms with E-state index >= 15 is 0 Å².